The maximum atomic E-state index is 14.1. The molecule has 0 radical (unpaired) electrons. The fraction of sp³-hybridized carbons (Fsp3) is 0.231. The number of halogens is 1. The van der Waals surface area contributed by atoms with Crippen LogP contribution in [0.5, 0.6) is 5.75 Å². The van der Waals surface area contributed by atoms with Crippen LogP contribution in [0.1, 0.15) is 27.0 Å². The van der Waals surface area contributed by atoms with E-state index in [0.29, 0.717) is 29.4 Å². The number of aryl methyl sites for hydroxylation is 1. The molecule has 0 bridgehead atoms. The highest BCUT2D eigenvalue weighted by Gasteiger charge is 2.59. The predicted molar refractivity (Wildman–Crippen MR) is 132 cm³/mol. The predicted octanol–water partition coefficient (Wildman–Crippen LogP) is 5.25. The van der Waals surface area contributed by atoms with E-state index in [4.69, 9.17) is 16.3 Å². The van der Waals surface area contributed by atoms with Gasteiger partial charge in [0.05, 0.1) is 19.3 Å². The molecular weight excluding hydrogens is 456 g/mol. The number of amides is 2. The van der Waals surface area contributed by atoms with Gasteiger partial charge in [-0.2, -0.15) is 0 Å². The van der Waals surface area contributed by atoms with Crippen LogP contribution in [-0.2, 0) is 16.2 Å². The van der Waals surface area contributed by atoms with Gasteiger partial charge in [0.1, 0.15) is 5.75 Å². The third kappa shape index (κ3) is 3.58. The molecule has 0 aromatic heterocycles. The van der Waals surface area contributed by atoms with E-state index in [1.807, 2.05) is 49.4 Å². The molecule has 7 heteroatoms. The van der Waals surface area contributed by atoms with Gasteiger partial charge in [-0.3, -0.25) is 9.59 Å². The number of carbonyl (C=O) groups excluding carboxylic acids is 2. The SMILES string of the molecule is COc1cccc(CN2C(=O)C3(SCCN3C(=O)c3ccc(Cl)cc3)c3cc(C)ccc32)c1. The fourth-order valence-corrected chi connectivity index (χ4v) is 6.17. The molecule has 5 rings (SSSR count). The molecule has 168 valence electrons. The summed E-state index contributed by atoms with van der Waals surface area (Å²) in [5.74, 6) is 1.18. The first-order valence-corrected chi connectivity index (χ1v) is 12.1. The van der Waals surface area contributed by atoms with Crippen LogP contribution in [0.3, 0.4) is 0 Å². The van der Waals surface area contributed by atoms with E-state index in [1.54, 1.807) is 41.2 Å². The van der Waals surface area contributed by atoms with Crippen molar-refractivity contribution in [1.82, 2.24) is 4.90 Å². The summed E-state index contributed by atoms with van der Waals surface area (Å²) in [7, 11) is 1.63. The molecule has 2 aliphatic heterocycles. The Balaban J connectivity index is 1.58. The lowest BCUT2D eigenvalue weighted by atomic mass is 10.0. The summed E-state index contributed by atoms with van der Waals surface area (Å²) in [6, 6.07) is 20.6. The minimum Gasteiger partial charge on any atom is -0.497 e. The standard InChI is InChI=1S/C26H23ClN2O3S/c1-17-6-11-23-22(14-17)26(25(31)28(23)16-18-4-3-5-21(15-18)32-2)29(12-13-33-26)24(30)19-7-9-20(27)10-8-19/h3-11,14-15H,12-13,16H2,1-2H3. The molecule has 1 unspecified atom stereocenters. The zero-order chi connectivity index (χ0) is 23.2. The Hall–Kier alpha value is -2.96. The molecule has 1 saturated heterocycles. The maximum absolute atomic E-state index is 14.1. The van der Waals surface area contributed by atoms with Gasteiger partial charge in [-0.1, -0.05) is 41.4 Å². The quantitative estimate of drug-likeness (QED) is 0.514. The normalized spacial score (nSPS) is 19.3. The maximum Gasteiger partial charge on any atom is 0.268 e. The van der Waals surface area contributed by atoms with Crippen molar-refractivity contribution in [2.45, 2.75) is 18.3 Å². The van der Waals surface area contributed by atoms with Crippen LogP contribution in [-0.4, -0.2) is 36.1 Å². The van der Waals surface area contributed by atoms with E-state index in [0.717, 1.165) is 28.1 Å². The van der Waals surface area contributed by atoms with Crippen molar-refractivity contribution in [3.05, 3.63) is 94.0 Å². The van der Waals surface area contributed by atoms with Gasteiger partial charge in [0, 0.05) is 28.4 Å². The Labute approximate surface area is 202 Å². The lowest BCUT2D eigenvalue weighted by Crippen LogP contribution is -2.50. The largest absolute Gasteiger partial charge is 0.497 e. The number of hydrogen-bond acceptors (Lipinski definition) is 4. The lowest BCUT2D eigenvalue weighted by Gasteiger charge is -2.33. The Morgan fingerprint density at radius 3 is 2.67 bits per heavy atom. The molecule has 33 heavy (non-hydrogen) atoms. The van der Waals surface area contributed by atoms with E-state index >= 15 is 0 Å². The number of fused-ring (bicyclic) bond motifs is 2. The fourth-order valence-electron chi connectivity index (χ4n) is 4.59. The second-order valence-electron chi connectivity index (χ2n) is 8.22. The Morgan fingerprint density at radius 1 is 1.12 bits per heavy atom. The molecule has 3 aromatic rings. The number of rotatable bonds is 4. The van der Waals surface area contributed by atoms with Gasteiger partial charge in [0.25, 0.3) is 11.8 Å². The van der Waals surface area contributed by atoms with E-state index < -0.39 is 4.87 Å². The summed E-state index contributed by atoms with van der Waals surface area (Å²) >= 11 is 7.55. The molecule has 0 saturated carbocycles. The Bertz CT molecular complexity index is 1250. The topological polar surface area (TPSA) is 49.9 Å². The van der Waals surface area contributed by atoms with Crippen LogP contribution >= 0.6 is 23.4 Å². The average Bonchev–Trinajstić information content (AvgIpc) is 3.36. The van der Waals surface area contributed by atoms with Crippen LogP contribution in [0.15, 0.2) is 66.7 Å². The lowest BCUT2D eigenvalue weighted by molar-refractivity contribution is -0.123. The van der Waals surface area contributed by atoms with Gasteiger partial charge in [0.15, 0.2) is 4.87 Å². The van der Waals surface area contributed by atoms with E-state index in [1.165, 1.54) is 11.8 Å². The first-order chi connectivity index (χ1) is 15.9. The smallest absolute Gasteiger partial charge is 0.268 e. The third-order valence-corrected chi connectivity index (χ3v) is 7.83. The number of thioether (sulfide) groups is 1. The number of nitrogens with zero attached hydrogens (tertiary/aromatic N) is 2. The molecule has 2 amide bonds. The van der Waals surface area contributed by atoms with Crippen LogP contribution in [0.25, 0.3) is 0 Å². The minimum absolute atomic E-state index is 0.0873. The molecule has 5 nitrogen and oxygen atoms in total. The number of benzene rings is 3. The monoisotopic (exact) mass is 478 g/mol. The van der Waals surface area contributed by atoms with Gasteiger partial charge in [-0.25, -0.2) is 0 Å². The molecular formula is C26H23ClN2O3S. The molecule has 0 aliphatic carbocycles. The zero-order valence-corrected chi connectivity index (χ0v) is 19.9. The second-order valence-corrected chi connectivity index (χ2v) is 9.94. The number of carbonyl (C=O) groups is 2. The number of methoxy groups -OCH3 is 1. The van der Waals surface area contributed by atoms with Crippen molar-refractivity contribution >= 4 is 40.9 Å². The second kappa shape index (κ2) is 8.43. The highest BCUT2D eigenvalue weighted by atomic mass is 35.5. The molecule has 0 N–H and O–H groups in total. The molecule has 2 aliphatic rings. The number of hydrogen-bond donors (Lipinski definition) is 0. The van der Waals surface area contributed by atoms with Gasteiger partial charge < -0.3 is 14.5 Å². The summed E-state index contributed by atoms with van der Waals surface area (Å²) in [6.45, 7) is 2.91. The van der Waals surface area contributed by atoms with Gasteiger partial charge in [-0.05, 0) is 55.0 Å². The molecule has 2 heterocycles. The van der Waals surface area contributed by atoms with E-state index in [2.05, 4.69) is 0 Å². The first-order valence-electron chi connectivity index (χ1n) is 10.7. The highest BCUT2D eigenvalue weighted by Crippen LogP contribution is 2.55. The van der Waals surface area contributed by atoms with Gasteiger partial charge in [-0.15, -0.1) is 11.8 Å². The Kier molecular flexibility index (Phi) is 5.59. The van der Waals surface area contributed by atoms with Gasteiger partial charge in [0.2, 0.25) is 0 Å². The van der Waals surface area contributed by atoms with Crippen molar-refractivity contribution < 1.29 is 14.3 Å². The molecule has 1 atom stereocenters. The summed E-state index contributed by atoms with van der Waals surface area (Å²) in [4.78, 5) is 30.2. The van der Waals surface area contributed by atoms with Crippen molar-refractivity contribution in [3.8, 4) is 5.75 Å². The van der Waals surface area contributed by atoms with Crippen molar-refractivity contribution in [2.24, 2.45) is 0 Å². The summed E-state index contributed by atoms with van der Waals surface area (Å²) in [5.41, 5.74) is 4.26. The summed E-state index contributed by atoms with van der Waals surface area (Å²) < 4.78 is 5.36. The van der Waals surface area contributed by atoms with Crippen LogP contribution < -0.4 is 9.64 Å². The summed E-state index contributed by atoms with van der Waals surface area (Å²) in [5, 5.41) is 0.569. The van der Waals surface area contributed by atoms with E-state index in [-0.39, 0.29) is 11.8 Å². The van der Waals surface area contributed by atoms with Crippen LogP contribution in [0, 0.1) is 6.92 Å². The Morgan fingerprint density at radius 2 is 1.91 bits per heavy atom. The number of ether oxygens (including phenoxy) is 1. The van der Waals surface area contributed by atoms with Crippen LogP contribution in [0.2, 0.25) is 5.02 Å². The van der Waals surface area contributed by atoms with Crippen molar-refractivity contribution in [3.63, 3.8) is 0 Å². The zero-order valence-electron chi connectivity index (χ0n) is 18.4. The van der Waals surface area contributed by atoms with Gasteiger partial charge >= 0.3 is 0 Å². The van der Waals surface area contributed by atoms with Crippen molar-refractivity contribution in [1.29, 1.82) is 0 Å². The van der Waals surface area contributed by atoms with E-state index in [9.17, 15) is 9.59 Å². The average molecular weight is 479 g/mol. The molecule has 3 aromatic carbocycles. The summed E-state index contributed by atoms with van der Waals surface area (Å²) in [6.07, 6.45) is 0. The first kappa shape index (κ1) is 21.9. The molecule has 1 spiro atoms. The van der Waals surface area contributed by atoms with Crippen LogP contribution in [0.4, 0.5) is 5.69 Å². The third-order valence-electron chi connectivity index (χ3n) is 6.16. The number of anilines is 1. The van der Waals surface area contributed by atoms with Crippen molar-refractivity contribution in [2.75, 3.05) is 24.3 Å². The highest BCUT2D eigenvalue weighted by molar-refractivity contribution is 8.01. The molecule has 1 fully saturated rings. The minimum atomic E-state index is -1.07.